The maximum atomic E-state index is 12.6. The summed E-state index contributed by atoms with van der Waals surface area (Å²) in [6.45, 7) is 3.02. The number of carbonyl (C=O) groups is 1. The van der Waals surface area contributed by atoms with Crippen molar-refractivity contribution in [1.82, 2.24) is 14.9 Å². The van der Waals surface area contributed by atoms with Gasteiger partial charge in [-0.15, -0.1) is 11.3 Å². The van der Waals surface area contributed by atoms with Gasteiger partial charge in [0.25, 0.3) is 5.91 Å². The van der Waals surface area contributed by atoms with Crippen molar-refractivity contribution in [1.29, 1.82) is 0 Å². The molecule has 2 aromatic heterocycles. The fraction of sp³-hybridized carbons (Fsp3) is 0.471. The number of hydrogen-bond acceptors (Lipinski definition) is 5. The molecule has 0 spiro atoms. The normalized spacial score (nSPS) is 21.0. The highest BCUT2D eigenvalue weighted by Crippen LogP contribution is 2.29. The van der Waals surface area contributed by atoms with Crippen LogP contribution in [0.4, 0.5) is 0 Å². The van der Waals surface area contributed by atoms with Gasteiger partial charge in [-0.25, -0.2) is 9.97 Å². The van der Waals surface area contributed by atoms with Gasteiger partial charge in [0.05, 0.1) is 17.2 Å². The van der Waals surface area contributed by atoms with E-state index in [1.165, 1.54) is 16.9 Å². The molecule has 4 heterocycles. The molecule has 0 bridgehead atoms. The number of hydrogen-bond donors (Lipinski definition) is 0. The van der Waals surface area contributed by atoms with Crippen LogP contribution in [0, 0.1) is 0 Å². The number of carbonyl (C=O) groups excluding carboxylic acids is 1. The van der Waals surface area contributed by atoms with E-state index in [1.807, 2.05) is 22.4 Å². The van der Waals surface area contributed by atoms with Crippen LogP contribution in [0.15, 0.2) is 23.8 Å². The third-order valence-corrected chi connectivity index (χ3v) is 5.51. The molecular weight excluding hydrogens is 310 g/mol. The van der Waals surface area contributed by atoms with Crippen molar-refractivity contribution < 1.29 is 9.53 Å². The molecule has 0 saturated carbocycles. The Morgan fingerprint density at radius 3 is 3.00 bits per heavy atom. The number of amides is 1. The molecule has 0 unspecified atom stereocenters. The van der Waals surface area contributed by atoms with E-state index in [2.05, 4.69) is 9.97 Å². The van der Waals surface area contributed by atoms with Crippen molar-refractivity contribution in [2.24, 2.45) is 0 Å². The summed E-state index contributed by atoms with van der Waals surface area (Å²) in [6, 6.07) is 3.82. The van der Waals surface area contributed by atoms with Gasteiger partial charge in [-0.3, -0.25) is 4.79 Å². The van der Waals surface area contributed by atoms with E-state index in [0.717, 1.165) is 61.8 Å². The van der Waals surface area contributed by atoms with E-state index in [4.69, 9.17) is 4.74 Å². The Morgan fingerprint density at radius 2 is 2.22 bits per heavy atom. The van der Waals surface area contributed by atoms with E-state index in [1.54, 1.807) is 6.33 Å². The van der Waals surface area contributed by atoms with E-state index in [9.17, 15) is 4.79 Å². The molecule has 1 atom stereocenters. The Hall–Kier alpha value is -1.79. The number of thiophene rings is 1. The summed E-state index contributed by atoms with van der Waals surface area (Å²) < 4.78 is 5.52. The second-order valence-corrected chi connectivity index (χ2v) is 6.96. The van der Waals surface area contributed by atoms with Crippen LogP contribution in [-0.4, -0.2) is 47.1 Å². The Labute approximate surface area is 139 Å². The van der Waals surface area contributed by atoms with Crippen LogP contribution < -0.4 is 0 Å². The minimum Gasteiger partial charge on any atom is -0.381 e. The van der Waals surface area contributed by atoms with Crippen LogP contribution in [-0.2, 0) is 17.6 Å². The van der Waals surface area contributed by atoms with Crippen LogP contribution in [0.3, 0.4) is 0 Å². The van der Waals surface area contributed by atoms with Gasteiger partial charge in [0.15, 0.2) is 0 Å². The first-order valence-electron chi connectivity index (χ1n) is 8.06. The van der Waals surface area contributed by atoms with Crippen molar-refractivity contribution in [2.75, 3.05) is 26.3 Å². The number of nitrogens with zero attached hydrogens (tertiary/aromatic N) is 3. The molecule has 2 aromatic rings. The summed E-state index contributed by atoms with van der Waals surface area (Å²) in [5, 5.41) is 1.95. The van der Waals surface area contributed by atoms with Gasteiger partial charge in [-0.2, -0.15) is 0 Å². The Morgan fingerprint density at radius 1 is 1.30 bits per heavy atom. The molecule has 0 aromatic carbocycles. The molecule has 120 valence electrons. The highest BCUT2D eigenvalue weighted by atomic mass is 32.1. The highest BCUT2D eigenvalue weighted by Gasteiger charge is 2.27. The van der Waals surface area contributed by atoms with Crippen LogP contribution in [0.5, 0.6) is 0 Å². The number of fused-ring (bicyclic) bond motifs is 1. The first kappa shape index (κ1) is 14.8. The van der Waals surface area contributed by atoms with Crippen LogP contribution in [0.25, 0.3) is 0 Å². The summed E-state index contributed by atoms with van der Waals surface area (Å²) in [5.41, 5.74) is 3.48. The van der Waals surface area contributed by atoms with Gasteiger partial charge >= 0.3 is 0 Å². The van der Waals surface area contributed by atoms with Crippen LogP contribution in [0.2, 0.25) is 0 Å². The smallest absolute Gasteiger partial charge is 0.263 e. The first-order chi connectivity index (χ1) is 11.3. The van der Waals surface area contributed by atoms with Gasteiger partial charge in [0, 0.05) is 37.7 Å². The van der Waals surface area contributed by atoms with E-state index in [-0.39, 0.29) is 5.91 Å². The lowest BCUT2D eigenvalue weighted by atomic mass is 9.96. The minimum absolute atomic E-state index is 0.131. The summed E-state index contributed by atoms with van der Waals surface area (Å²) >= 11 is 1.50. The summed E-state index contributed by atoms with van der Waals surface area (Å²) in [7, 11) is 0. The summed E-state index contributed by atoms with van der Waals surface area (Å²) in [6.07, 6.45) is 4.33. The lowest BCUT2D eigenvalue weighted by molar-refractivity contribution is 0.0767. The average molecular weight is 329 g/mol. The third kappa shape index (κ3) is 2.88. The number of rotatable bonds is 2. The lowest BCUT2D eigenvalue weighted by Gasteiger charge is -2.19. The van der Waals surface area contributed by atoms with Crippen LogP contribution >= 0.6 is 11.3 Å². The summed E-state index contributed by atoms with van der Waals surface area (Å²) in [4.78, 5) is 24.4. The van der Waals surface area contributed by atoms with E-state index in [0.29, 0.717) is 5.92 Å². The maximum Gasteiger partial charge on any atom is 0.263 e. The number of aromatic nitrogens is 2. The lowest BCUT2D eigenvalue weighted by Crippen LogP contribution is -2.32. The first-order valence-corrected chi connectivity index (χ1v) is 8.94. The predicted molar refractivity (Wildman–Crippen MR) is 87.8 cm³/mol. The fourth-order valence-electron chi connectivity index (χ4n) is 3.41. The standard InChI is InChI=1S/C17H19N3O2S/c21-17(15-2-1-9-23-15)20-6-3-13-14(4-7-20)18-11-19-16(13)12-5-8-22-10-12/h1-2,9,11-12H,3-8,10H2/t12-/m1/s1. The Kier molecular flexibility index (Phi) is 4.10. The topological polar surface area (TPSA) is 55.3 Å². The van der Waals surface area contributed by atoms with Gasteiger partial charge < -0.3 is 9.64 Å². The molecule has 2 aliphatic heterocycles. The molecule has 1 fully saturated rings. The zero-order valence-electron chi connectivity index (χ0n) is 12.9. The summed E-state index contributed by atoms with van der Waals surface area (Å²) in [5.74, 6) is 0.512. The van der Waals surface area contributed by atoms with Crippen molar-refractivity contribution in [3.63, 3.8) is 0 Å². The fourth-order valence-corrected chi connectivity index (χ4v) is 4.10. The molecule has 5 nitrogen and oxygen atoms in total. The van der Waals surface area contributed by atoms with Gasteiger partial charge in [0.2, 0.25) is 0 Å². The zero-order valence-corrected chi connectivity index (χ0v) is 13.7. The Balaban J connectivity index is 1.56. The van der Waals surface area contributed by atoms with Crippen LogP contribution in [0.1, 0.15) is 39.0 Å². The molecule has 6 heteroatoms. The quantitative estimate of drug-likeness (QED) is 0.848. The second kappa shape index (κ2) is 6.37. The van der Waals surface area contributed by atoms with Gasteiger partial charge in [-0.1, -0.05) is 6.07 Å². The van der Waals surface area contributed by atoms with Crippen molar-refractivity contribution in [3.8, 4) is 0 Å². The molecule has 0 aliphatic carbocycles. The van der Waals surface area contributed by atoms with E-state index >= 15 is 0 Å². The van der Waals surface area contributed by atoms with Gasteiger partial charge in [-0.05, 0) is 29.9 Å². The zero-order chi connectivity index (χ0) is 15.6. The molecule has 0 N–H and O–H groups in total. The minimum atomic E-state index is 0.131. The number of ether oxygens (including phenoxy) is 1. The molecule has 1 amide bonds. The predicted octanol–water partition coefficient (Wildman–Crippen LogP) is 2.28. The second-order valence-electron chi connectivity index (χ2n) is 6.01. The van der Waals surface area contributed by atoms with Crippen molar-refractivity contribution in [3.05, 3.63) is 45.7 Å². The van der Waals surface area contributed by atoms with E-state index < -0.39 is 0 Å². The maximum absolute atomic E-state index is 12.6. The Bertz CT molecular complexity index is 696. The molecule has 2 aliphatic rings. The molecular formula is C17H19N3O2S. The molecule has 1 saturated heterocycles. The highest BCUT2D eigenvalue weighted by molar-refractivity contribution is 7.12. The van der Waals surface area contributed by atoms with Gasteiger partial charge in [0.1, 0.15) is 6.33 Å². The molecule has 4 rings (SSSR count). The average Bonchev–Trinajstić information content (AvgIpc) is 3.24. The largest absolute Gasteiger partial charge is 0.381 e. The molecule has 23 heavy (non-hydrogen) atoms. The SMILES string of the molecule is O=C(c1cccs1)N1CCc2ncnc([C@@H]3CCOC3)c2CC1. The molecule has 0 radical (unpaired) electrons. The van der Waals surface area contributed by atoms with Crippen molar-refractivity contribution >= 4 is 17.2 Å². The van der Waals surface area contributed by atoms with Crippen molar-refractivity contribution in [2.45, 2.75) is 25.2 Å². The third-order valence-electron chi connectivity index (χ3n) is 4.65. The monoisotopic (exact) mass is 329 g/mol.